The molecule has 1 aliphatic rings. The lowest BCUT2D eigenvalue weighted by Gasteiger charge is -2.36. The monoisotopic (exact) mass is 417 g/mol. The first-order chi connectivity index (χ1) is 13.9. The average molecular weight is 418 g/mol. The van der Waals surface area contributed by atoms with E-state index in [9.17, 15) is 18.3 Å². The maximum atomic E-state index is 12.8. The van der Waals surface area contributed by atoms with Crippen LogP contribution in [0.15, 0.2) is 53.4 Å². The van der Waals surface area contributed by atoms with Crippen molar-refractivity contribution in [3.63, 3.8) is 0 Å². The second-order valence-corrected chi connectivity index (χ2v) is 8.85. The number of carbonyl (C=O) groups excluding carboxylic acids is 1. The van der Waals surface area contributed by atoms with Gasteiger partial charge in [0.05, 0.1) is 4.90 Å². The summed E-state index contributed by atoms with van der Waals surface area (Å²) in [5, 5.41) is 9.41. The standard InChI is InChI=1S/C21H27N3O4S/c1-3-24(4-2)29(27,28)20-11-5-17(6-12-20)21(26)23-15-13-22(14-16-23)18-7-9-19(25)10-8-18/h5-12,25H,3-4,13-16H2,1-2H3. The molecule has 0 spiro atoms. The molecule has 1 aliphatic heterocycles. The fourth-order valence-corrected chi connectivity index (χ4v) is 4.95. The van der Waals surface area contributed by atoms with Gasteiger partial charge in [-0.3, -0.25) is 4.79 Å². The number of amides is 1. The zero-order valence-corrected chi connectivity index (χ0v) is 17.6. The molecule has 7 nitrogen and oxygen atoms in total. The van der Waals surface area contributed by atoms with Crippen molar-refractivity contribution in [2.75, 3.05) is 44.2 Å². The maximum Gasteiger partial charge on any atom is 0.253 e. The lowest BCUT2D eigenvalue weighted by Crippen LogP contribution is -2.48. The van der Waals surface area contributed by atoms with E-state index in [1.54, 1.807) is 43.0 Å². The molecule has 156 valence electrons. The highest BCUT2D eigenvalue weighted by Crippen LogP contribution is 2.21. The smallest absolute Gasteiger partial charge is 0.253 e. The van der Waals surface area contributed by atoms with Crippen LogP contribution in [-0.4, -0.2) is 67.9 Å². The molecule has 0 unspecified atom stereocenters. The van der Waals surface area contributed by atoms with Gasteiger partial charge in [-0.1, -0.05) is 13.8 Å². The van der Waals surface area contributed by atoms with Gasteiger partial charge in [0.1, 0.15) is 5.75 Å². The number of carbonyl (C=O) groups is 1. The third-order valence-corrected chi connectivity index (χ3v) is 7.29. The van der Waals surface area contributed by atoms with E-state index in [0.717, 1.165) is 5.69 Å². The second kappa shape index (κ2) is 8.84. The van der Waals surface area contributed by atoms with Crippen LogP contribution in [0.1, 0.15) is 24.2 Å². The van der Waals surface area contributed by atoms with E-state index < -0.39 is 10.0 Å². The molecule has 2 aromatic carbocycles. The lowest BCUT2D eigenvalue weighted by atomic mass is 10.1. The number of hydrogen-bond acceptors (Lipinski definition) is 5. The Hall–Kier alpha value is -2.58. The van der Waals surface area contributed by atoms with Crippen LogP contribution in [0.3, 0.4) is 0 Å². The quantitative estimate of drug-likeness (QED) is 0.781. The van der Waals surface area contributed by atoms with Crippen molar-refractivity contribution >= 4 is 21.6 Å². The molecule has 1 fully saturated rings. The van der Waals surface area contributed by atoms with Crippen molar-refractivity contribution in [3.05, 3.63) is 54.1 Å². The molecule has 0 radical (unpaired) electrons. The largest absolute Gasteiger partial charge is 0.508 e. The van der Waals surface area contributed by atoms with Crippen molar-refractivity contribution < 1.29 is 18.3 Å². The molecule has 0 atom stereocenters. The minimum absolute atomic E-state index is 0.0952. The van der Waals surface area contributed by atoms with Gasteiger partial charge in [0.2, 0.25) is 10.0 Å². The molecule has 0 aliphatic carbocycles. The van der Waals surface area contributed by atoms with Gasteiger partial charge in [-0.05, 0) is 48.5 Å². The molecule has 1 saturated heterocycles. The van der Waals surface area contributed by atoms with Gasteiger partial charge in [0.25, 0.3) is 5.91 Å². The Kier molecular flexibility index (Phi) is 6.44. The van der Waals surface area contributed by atoms with Crippen LogP contribution in [0.25, 0.3) is 0 Å². The van der Waals surface area contributed by atoms with Crippen LogP contribution in [-0.2, 0) is 10.0 Å². The number of piperazine rings is 1. The predicted molar refractivity (Wildman–Crippen MR) is 113 cm³/mol. The minimum Gasteiger partial charge on any atom is -0.508 e. The molecule has 29 heavy (non-hydrogen) atoms. The number of phenolic OH excluding ortho intramolecular Hbond substituents is 1. The summed E-state index contributed by atoms with van der Waals surface area (Å²) in [5.74, 6) is 0.135. The third-order valence-electron chi connectivity index (χ3n) is 5.23. The first kappa shape index (κ1) is 21.1. The summed E-state index contributed by atoms with van der Waals surface area (Å²) in [4.78, 5) is 17.0. The van der Waals surface area contributed by atoms with Crippen LogP contribution >= 0.6 is 0 Å². The van der Waals surface area contributed by atoms with E-state index >= 15 is 0 Å². The van der Waals surface area contributed by atoms with Crippen LogP contribution in [0.4, 0.5) is 5.69 Å². The zero-order valence-electron chi connectivity index (χ0n) is 16.8. The summed E-state index contributed by atoms with van der Waals surface area (Å²) in [7, 11) is -3.53. The molecule has 8 heteroatoms. The van der Waals surface area contributed by atoms with Gasteiger partial charge in [-0.25, -0.2) is 8.42 Å². The fourth-order valence-electron chi connectivity index (χ4n) is 3.50. The van der Waals surface area contributed by atoms with E-state index in [-0.39, 0.29) is 16.6 Å². The highest BCUT2D eigenvalue weighted by Gasteiger charge is 2.24. The zero-order chi connectivity index (χ0) is 21.0. The molecule has 1 heterocycles. The first-order valence-corrected chi connectivity index (χ1v) is 11.2. The van der Waals surface area contributed by atoms with Crippen LogP contribution in [0.2, 0.25) is 0 Å². The molecule has 1 N–H and O–H groups in total. The highest BCUT2D eigenvalue weighted by molar-refractivity contribution is 7.89. The summed E-state index contributed by atoms with van der Waals surface area (Å²) < 4.78 is 26.6. The maximum absolute atomic E-state index is 12.8. The highest BCUT2D eigenvalue weighted by atomic mass is 32.2. The van der Waals surface area contributed by atoms with Crippen LogP contribution < -0.4 is 4.90 Å². The number of aromatic hydroxyl groups is 1. The van der Waals surface area contributed by atoms with Gasteiger partial charge in [0.15, 0.2) is 0 Å². The van der Waals surface area contributed by atoms with Crippen molar-refractivity contribution in [2.45, 2.75) is 18.7 Å². The number of anilines is 1. The van der Waals surface area contributed by atoms with Crippen molar-refractivity contribution in [1.29, 1.82) is 0 Å². The molecule has 0 aromatic heterocycles. The van der Waals surface area contributed by atoms with E-state index in [2.05, 4.69) is 4.90 Å². The molecule has 2 aromatic rings. The van der Waals surface area contributed by atoms with Crippen LogP contribution in [0, 0.1) is 0 Å². The summed E-state index contributed by atoms with van der Waals surface area (Å²) >= 11 is 0. The first-order valence-electron chi connectivity index (χ1n) is 9.80. The number of phenols is 1. The van der Waals surface area contributed by atoms with Crippen molar-refractivity contribution in [3.8, 4) is 5.75 Å². The third kappa shape index (κ3) is 4.54. The summed E-state index contributed by atoms with van der Waals surface area (Å²) in [5.41, 5.74) is 1.50. The van der Waals surface area contributed by atoms with E-state index in [1.165, 1.54) is 16.4 Å². The summed E-state index contributed by atoms with van der Waals surface area (Å²) in [6.45, 7) is 6.98. The molecule has 3 rings (SSSR count). The Labute approximate surface area is 172 Å². The minimum atomic E-state index is -3.53. The van der Waals surface area contributed by atoms with Gasteiger partial charge < -0.3 is 14.9 Å². The van der Waals surface area contributed by atoms with Crippen LogP contribution in [0.5, 0.6) is 5.75 Å². The normalized spacial score (nSPS) is 15.0. The Morgan fingerprint density at radius 2 is 1.48 bits per heavy atom. The number of sulfonamides is 1. The van der Waals surface area contributed by atoms with Crippen molar-refractivity contribution in [1.82, 2.24) is 9.21 Å². The fraction of sp³-hybridized carbons (Fsp3) is 0.381. The topological polar surface area (TPSA) is 81.2 Å². The van der Waals surface area contributed by atoms with Crippen molar-refractivity contribution in [2.24, 2.45) is 0 Å². The SMILES string of the molecule is CCN(CC)S(=O)(=O)c1ccc(C(=O)N2CCN(c3ccc(O)cc3)CC2)cc1. The average Bonchev–Trinajstić information content (AvgIpc) is 2.75. The van der Waals surface area contributed by atoms with E-state index in [1.807, 2.05) is 12.1 Å². The summed E-state index contributed by atoms with van der Waals surface area (Å²) in [6.07, 6.45) is 0. The second-order valence-electron chi connectivity index (χ2n) is 6.91. The number of nitrogens with zero attached hydrogens (tertiary/aromatic N) is 3. The molecule has 0 bridgehead atoms. The molecule has 1 amide bonds. The number of benzene rings is 2. The Bertz CT molecular complexity index is 931. The van der Waals surface area contributed by atoms with Gasteiger partial charge >= 0.3 is 0 Å². The molecular formula is C21H27N3O4S. The summed E-state index contributed by atoms with van der Waals surface area (Å²) in [6, 6.07) is 13.2. The number of rotatable bonds is 6. The predicted octanol–water partition coefficient (Wildman–Crippen LogP) is 2.39. The Morgan fingerprint density at radius 1 is 0.931 bits per heavy atom. The van der Waals surface area contributed by atoms with Gasteiger partial charge in [0, 0.05) is 50.5 Å². The Morgan fingerprint density at radius 3 is 2.00 bits per heavy atom. The van der Waals surface area contributed by atoms with Gasteiger partial charge in [-0.15, -0.1) is 0 Å². The van der Waals surface area contributed by atoms with Gasteiger partial charge in [-0.2, -0.15) is 4.31 Å². The lowest BCUT2D eigenvalue weighted by molar-refractivity contribution is 0.0746. The number of hydrogen-bond donors (Lipinski definition) is 1. The molecule has 0 saturated carbocycles. The Balaban J connectivity index is 1.65. The van der Waals surface area contributed by atoms with E-state index in [4.69, 9.17) is 0 Å². The molecular weight excluding hydrogens is 390 g/mol. The van der Waals surface area contributed by atoms with E-state index in [0.29, 0.717) is 44.8 Å².